The summed E-state index contributed by atoms with van der Waals surface area (Å²) in [6.45, 7) is 0. The molecular weight excluding hydrogens is 222 g/mol. The van der Waals surface area contributed by atoms with Gasteiger partial charge in [-0.25, -0.2) is 4.79 Å². The summed E-state index contributed by atoms with van der Waals surface area (Å²) in [5.41, 5.74) is -1.64. The van der Waals surface area contributed by atoms with Crippen molar-refractivity contribution in [1.82, 2.24) is 0 Å². The van der Waals surface area contributed by atoms with E-state index in [1.54, 1.807) is 0 Å². The predicted octanol–water partition coefficient (Wildman–Crippen LogP) is 1.09. The topological polar surface area (TPSA) is 101 Å². The molecule has 0 radical (unpaired) electrons. The second kappa shape index (κ2) is 4.76. The van der Waals surface area contributed by atoms with E-state index in [0.717, 1.165) is 0 Å². The van der Waals surface area contributed by atoms with Crippen LogP contribution in [0.15, 0.2) is 29.2 Å². The lowest BCUT2D eigenvalue weighted by atomic mass is 10.3. The number of hydrogen-bond acceptors (Lipinski definition) is 5. The lowest BCUT2D eigenvalue weighted by Gasteiger charge is -2.03. The molecule has 0 aliphatic rings. The number of rotatable bonds is 4. The highest BCUT2D eigenvalue weighted by atomic mass is 32.2. The Balaban J connectivity index is 2.72. The van der Waals surface area contributed by atoms with Crippen molar-refractivity contribution >= 4 is 23.4 Å². The second-order valence-electron chi connectivity index (χ2n) is 2.56. The molecule has 0 fully saturated rings. The SMILES string of the molecule is O=C(O)C(O)Sc1ccc([N+](=O)[O-])cc1. The summed E-state index contributed by atoms with van der Waals surface area (Å²) in [6.07, 6.45) is 0. The van der Waals surface area contributed by atoms with Gasteiger partial charge in [-0.05, 0) is 12.1 Å². The molecule has 15 heavy (non-hydrogen) atoms. The van der Waals surface area contributed by atoms with Crippen LogP contribution >= 0.6 is 11.8 Å². The Labute approximate surface area is 88.7 Å². The maximum absolute atomic E-state index is 10.3. The normalized spacial score (nSPS) is 12.1. The van der Waals surface area contributed by atoms with Crippen LogP contribution in [0.4, 0.5) is 5.69 Å². The molecule has 0 saturated carbocycles. The van der Waals surface area contributed by atoms with Gasteiger partial charge in [-0.1, -0.05) is 11.8 Å². The molecule has 0 heterocycles. The van der Waals surface area contributed by atoms with E-state index in [9.17, 15) is 14.9 Å². The number of aliphatic hydroxyl groups excluding tert-OH is 1. The molecule has 1 aromatic rings. The Morgan fingerprint density at radius 1 is 1.40 bits per heavy atom. The Hall–Kier alpha value is -1.60. The van der Waals surface area contributed by atoms with Gasteiger partial charge in [0.25, 0.3) is 5.69 Å². The first kappa shape index (κ1) is 11.5. The van der Waals surface area contributed by atoms with Crippen LogP contribution in [0, 0.1) is 10.1 Å². The van der Waals surface area contributed by atoms with Crippen LogP contribution < -0.4 is 0 Å². The van der Waals surface area contributed by atoms with Crippen LogP contribution in [0.2, 0.25) is 0 Å². The molecule has 0 amide bonds. The van der Waals surface area contributed by atoms with Crippen LogP contribution in [0.25, 0.3) is 0 Å². The minimum absolute atomic E-state index is 0.0795. The minimum atomic E-state index is -1.56. The van der Waals surface area contributed by atoms with Crippen molar-refractivity contribution in [2.75, 3.05) is 0 Å². The number of carboxylic acids is 1. The van der Waals surface area contributed by atoms with Crippen LogP contribution in [0.1, 0.15) is 0 Å². The van der Waals surface area contributed by atoms with Crippen LogP contribution in [-0.4, -0.2) is 26.5 Å². The molecule has 0 aromatic heterocycles. The number of carbonyl (C=O) groups is 1. The van der Waals surface area contributed by atoms with Gasteiger partial charge in [-0.15, -0.1) is 0 Å². The fourth-order valence-corrected chi connectivity index (χ4v) is 1.48. The number of thioether (sulfide) groups is 1. The van der Waals surface area contributed by atoms with Gasteiger partial charge in [-0.3, -0.25) is 10.1 Å². The molecule has 7 heteroatoms. The predicted molar refractivity (Wildman–Crippen MR) is 52.6 cm³/mol. The van der Waals surface area contributed by atoms with Gasteiger partial charge in [0.1, 0.15) is 0 Å². The minimum Gasteiger partial charge on any atom is -0.479 e. The third-order valence-corrected chi connectivity index (χ3v) is 2.48. The maximum Gasteiger partial charge on any atom is 0.343 e. The Morgan fingerprint density at radius 3 is 2.33 bits per heavy atom. The number of aliphatic carboxylic acids is 1. The van der Waals surface area contributed by atoms with Gasteiger partial charge < -0.3 is 10.2 Å². The fourth-order valence-electron chi connectivity index (χ4n) is 0.826. The van der Waals surface area contributed by atoms with Gasteiger partial charge in [0.15, 0.2) is 0 Å². The number of non-ortho nitro benzene ring substituents is 1. The Morgan fingerprint density at radius 2 is 1.93 bits per heavy atom. The number of carboxylic acid groups (broad SMARTS) is 1. The first-order valence-corrected chi connectivity index (χ1v) is 4.70. The van der Waals surface area contributed by atoms with Crippen molar-refractivity contribution in [3.63, 3.8) is 0 Å². The number of nitro groups is 1. The second-order valence-corrected chi connectivity index (χ2v) is 3.71. The quantitative estimate of drug-likeness (QED) is 0.347. The van der Waals surface area contributed by atoms with E-state index < -0.39 is 16.3 Å². The first-order valence-electron chi connectivity index (χ1n) is 3.82. The first-order chi connectivity index (χ1) is 7.00. The molecular formula is C8H7NO5S. The third-order valence-electron chi connectivity index (χ3n) is 1.51. The molecule has 0 aliphatic carbocycles. The van der Waals surface area contributed by atoms with Crippen molar-refractivity contribution in [2.24, 2.45) is 0 Å². The lowest BCUT2D eigenvalue weighted by Crippen LogP contribution is -2.14. The average Bonchev–Trinajstić information content (AvgIpc) is 2.18. The number of hydrogen-bond donors (Lipinski definition) is 2. The zero-order chi connectivity index (χ0) is 11.4. The van der Waals surface area contributed by atoms with Crippen LogP contribution in [0.5, 0.6) is 0 Å². The van der Waals surface area contributed by atoms with Crippen molar-refractivity contribution in [3.05, 3.63) is 34.4 Å². The van der Waals surface area contributed by atoms with Gasteiger partial charge >= 0.3 is 5.97 Å². The van der Waals surface area contributed by atoms with Crippen molar-refractivity contribution in [1.29, 1.82) is 0 Å². The smallest absolute Gasteiger partial charge is 0.343 e. The van der Waals surface area contributed by atoms with E-state index in [0.29, 0.717) is 16.7 Å². The van der Waals surface area contributed by atoms with E-state index in [1.165, 1.54) is 24.3 Å². The van der Waals surface area contributed by atoms with E-state index in [2.05, 4.69) is 0 Å². The molecule has 6 nitrogen and oxygen atoms in total. The highest BCUT2D eigenvalue weighted by molar-refractivity contribution is 8.00. The lowest BCUT2D eigenvalue weighted by molar-refractivity contribution is -0.384. The van der Waals surface area contributed by atoms with E-state index in [4.69, 9.17) is 10.2 Å². The van der Waals surface area contributed by atoms with Crippen molar-refractivity contribution in [2.45, 2.75) is 10.3 Å². The highest BCUT2D eigenvalue weighted by Crippen LogP contribution is 2.24. The van der Waals surface area contributed by atoms with Gasteiger partial charge in [0, 0.05) is 17.0 Å². The molecule has 0 bridgehead atoms. The van der Waals surface area contributed by atoms with E-state index in [-0.39, 0.29) is 5.69 Å². The van der Waals surface area contributed by atoms with Crippen molar-refractivity contribution < 1.29 is 19.9 Å². The molecule has 0 aliphatic heterocycles. The molecule has 1 aromatic carbocycles. The van der Waals surface area contributed by atoms with E-state index in [1.807, 2.05) is 0 Å². The van der Waals surface area contributed by atoms with Crippen molar-refractivity contribution in [3.8, 4) is 0 Å². The maximum atomic E-state index is 10.3. The number of aliphatic hydroxyl groups is 1. The van der Waals surface area contributed by atoms with Gasteiger partial charge in [-0.2, -0.15) is 0 Å². The third kappa shape index (κ3) is 3.22. The Kier molecular flexibility index (Phi) is 3.64. The highest BCUT2D eigenvalue weighted by Gasteiger charge is 2.15. The summed E-state index contributed by atoms with van der Waals surface area (Å²) in [5.74, 6) is -1.35. The van der Waals surface area contributed by atoms with Crippen LogP contribution in [-0.2, 0) is 4.79 Å². The summed E-state index contributed by atoms with van der Waals surface area (Å²) in [7, 11) is 0. The Bertz CT molecular complexity index is 377. The zero-order valence-electron chi connectivity index (χ0n) is 7.36. The van der Waals surface area contributed by atoms with Gasteiger partial charge in [0.2, 0.25) is 5.44 Å². The van der Waals surface area contributed by atoms with E-state index >= 15 is 0 Å². The summed E-state index contributed by atoms with van der Waals surface area (Å²) >= 11 is 0.706. The fraction of sp³-hybridized carbons (Fsp3) is 0.125. The molecule has 1 rings (SSSR count). The largest absolute Gasteiger partial charge is 0.479 e. The number of benzene rings is 1. The summed E-state index contributed by atoms with van der Waals surface area (Å²) in [6, 6.07) is 5.26. The standard InChI is InChI=1S/C8H7NO5S/c10-7(11)8(12)15-6-3-1-5(2-4-6)9(13)14/h1-4,8,12H,(H,10,11). The molecule has 1 unspecified atom stereocenters. The molecule has 2 N–H and O–H groups in total. The molecule has 1 atom stereocenters. The summed E-state index contributed by atoms with van der Waals surface area (Å²) < 4.78 is 0. The molecule has 80 valence electrons. The number of nitro benzene ring substituents is 1. The van der Waals surface area contributed by atoms with Crippen LogP contribution in [0.3, 0.4) is 0 Å². The molecule has 0 saturated heterocycles. The zero-order valence-corrected chi connectivity index (χ0v) is 8.18. The monoisotopic (exact) mass is 229 g/mol. The average molecular weight is 229 g/mol. The summed E-state index contributed by atoms with van der Waals surface area (Å²) in [5, 5.41) is 27.7. The summed E-state index contributed by atoms with van der Waals surface area (Å²) in [4.78, 5) is 20.5. The van der Waals surface area contributed by atoms with Gasteiger partial charge in [0.05, 0.1) is 4.92 Å². The number of nitrogens with zero attached hydrogens (tertiary/aromatic N) is 1. The molecule has 0 spiro atoms.